The number of hydrogen-bond donors (Lipinski definition) is 0. The van der Waals surface area contributed by atoms with Crippen LogP contribution in [0.25, 0.3) is 5.41 Å². The Kier molecular flexibility index (Phi) is 16.4. The van der Waals surface area contributed by atoms with E-state index in [2.05, 4.69) is 9.78 Å². The van der Waals surface area contributed by atoms with Crippen LogP contribution in [0.4, 0.5) is 0 Å². The molecule has 0 N–H and O–H groups in total. The molecule has 5 heteroatoms. The van der Waals surface area contributed by atoms with E-state index in [1.165, 1.54) is 0 Å². The van der Waals surface area contributed by atoms with Crippen LogP contribution >= 0.6 is 0 Å². The van der Waals surface area contributed by atoms with Gasteiger partial charge in [-0.2, -0.15) is 11.1 Å². The average molecular weight is 235 g/mol. The molecule has 0 spiro atoms. The molecule has 4 nitrogen and oxygen atoms in total. The Labute approximate surface area is 106 Å². The van der Waals surface area contributed by atoms with Crippen molar-refractivity contribution in [2.45, 2.75) is 0 Å². The van der Waals surface area contributed by atoms with Gasteiger partial charge in [-0.15, -0.1) is 0 Å². The molecule has 0 aromatic rings. The molecule has 0 aromatic carbocycles. The molecule has 0 aliphatic heterocycles. The Bertz CT molecular complexity index is 59.5. The van der Waals surface area contributed by atoms with Crippen LogP contribution in [-0.4, -0.2) is 19.3 Å². The van der Waals surface area contributed by atoms with Gasteiger partial charge in [-0.25, -0.2) is 0 Å². The van der Waals surface area contributed by atoms with Crippen molar-refractivity contribution < 1.29 is 83.5 Å². The molecule has 0 saturated heterocycles. The summed E-state index contributed by atoms with van der Waals surface area (Å²) < 4.78 is 0. The fourth-order valence-electron chi connectivity index (χ4n) is 0.0975. The summed E-state index contributed by atoms with van der Waals surface area (Å²) in [6.45, 7) is 0.0300. The van der Waals surface area contributed by atoms with Crippen molar-refractivity contribution in [1.82, 2.24) is 0 Å². The summed E-state index contributed by atoms with van der Waals surface area (Å²) in [4.78, 5) is 16.9. The summed E-state index contributed by atoms with van der Waals surface area (Å²) in [6, 6.07) is 0. The SMILES string of the molecule is [Cs+].[N-]=CCOOC=O. The third kappa shape index (κ3) is 10.2. The van der Waals surface area contributed by atoms with Crippen LogP contribution < -0.4 is 68.9 Å². The van der Waals surface area contributed by atoms with Crippen molar-refractivity contribution in [2.75, 3.05) is 6.61 Å². The maximum atomic E-state index is 9.24. The van der Waals surface area contributed by atoms with Gasteiger partial charge in [0.25, 0.3) is 0 Å². The number of hydrogen-bond acceptors (Lipinski definition) is 3. The van der Waals surface area contributed by atoms with E-state index in [0.29, 0.717) is 0 Å². The third-order valence-corrected chi connectivity index (χ3v) is 0.250. The van der Waals surface area contributed by atoms with Gasteiger partial charge < -0.3 is 10.3 Å². The molecule has 0 radical (unpaired) electrons. The van der Waals surface area contributed by atoms with E-state index in [1.807, 2.05) is 0 Å². The van der Waals surface area contributed by atoms with Gasteiger partial charge in [0.05, 0.1) is 6.61 Å². The second kappa shape index (κ2) is 11.0. The zero-order chi connectivity index (χ0) is 5.54. The van der Waals surface area contributed by atoms with Crippen molar-refractivity contribution in [3.63, 3.8) is 0 Å². The summed E-state index contributed by atoms with van der Waals surface area (Å²) in [6.07, 6.45) is 0.726. The summed E-state index contributed by atoms with van der Waals surface area (Å²) in [5.74, 6) is 0. The van der Waals surface area contributed by atoms with E-state index >= 15 is 0 Å². The topological polar surface area (TPSA) is 57.8 Å². The minimum absolute atomic E-state index is 0. The van der Waals surface area contributed by atoms with E-state index in [1.54, 1.807) is 0 Å². The van der Waals surface area contributed by atoms with Crippen molar-refractivity contribution in [2.24, 2.45) is 0 Å². The Morgan fingerprint density at radius 1 is 1.62 bits per heavy atom. The molecule has 40 valence electrons. The first kappa shape index (κ1) is 11.9. The zero-order valence-electron chi connectivity index (χ0n) is 4.53. The van der Waals surface area contributed by atoms with Gasteiger partial charge in [0.1, 0.15) is 0 Å². The van der Waals surface area contributed by atoms with Crippen LogP contribution in [-0.2, 0) is 14.6 Å². The normalized spacial score (nSPS) is 6.50. The summed E-state index contributed by atoms with van der Waals surface area (Å²) in [7, 11) is 0. The number of rotatable bonds is 4. The molecule has 8 heavy (non-hydrogen) atoms. The van der Waals surface area contributed by atoms with E-state index in [-0.39, 0.29) is 82.0 Å². The van der Waals surface area contributed by atoms with Crippen LogP contribution in [0.15, 0.2) is 0 Å². The van der Waals surface area contributed by atoms with Gasteiger partial charge in [-0.05, 0) is 0 Å². The zero-order valence-corrected chi connectivity index (χ0v) is 10.8. The van der Waals surface area contributed by atoms with Crippen molar-refractivity contribution in [3.8, 4) is 0 Å². The average Bonchev–Trinajstić information content (AvgIpc) is 1.69. The summed E-state index contributed by atoms with van der Waals surface area (Å²) in [5.41, 5.74) is 0. The minimum Gasteiger partial charge on any atom is -0.812 e. The molecule has 0 amide bonds. The van der Waals surface area contributed by atoms with Gasteiger partial charge in [-0.1, -0.05) is 0 Å². The van der Waals surface area contributed by atoms with Gasteiger partial charge in [0, 0.05) is 0 Å². The Balaban J connectivity index is 0. The van der Waals surface area contributed by atoms with Crippen LogP contribution in [0.3, 0.4) is 0 Å². The molecule has 0 atom stereocenters. The van der Waals surface area contributed by atoms with Gasteiger partial charge >= 0.3 is 75.4 Å². The van der Waals surface area contributed by atoms with Crippen molar-refractivity contribution in [3.05, 3.63) is 5.41 Å². The Morgan fingerprint density at radius 2 is 2.25 bits per heavy atom. The molecule has 0 bridgehead atoms. The van der Waals surface area contributed by atoms with Gasteiger partial charge in [-0.3, -0.25) is 4.79 Å². The van der Waals surface area contributed by atoms with Crippen LogP contribution in [0.1, 0.15) is 0 Å². The van der Waals surface area contributed by atoms with Gasteiger partial charge in [0.15, 0.2) is 0 Å². The number of carbonyl (C=O) groups excluding carboxylic acids is 1. The molecule has 0 rings (SSSR count). The molecular weight excluding hydrogens is 231 g/mol. The molecule has 0 unspecified atom stereocenters. The molecule has 0 saturated carbocycles. The fourth-order valence-corrected chi connectivity index (χ4v) is 0.0975. The van der Waals surface area contributed by atoms with Crippen molar-refractivity contribution in [1.29, 1.82) is 0 Å². The maximum absolute atomic E-state index is 9.24. The fraction of sp³-hybridized carbons (Fsp3) is 0.333. The van der Waals surface area contributed by atoms with Crippen LogP contribution in [0.5, 0.6) is 0 Å². The molecular formula is C3H4CsNO3. The second-order valence-electron chi connectivity index (χ2n) is 0.660. The first-order valence-electron chi connectivity index (χ1n) is 1.59. The first-order chi connectivity index (χ1) is 3.41. The Hall–Kier alpha value is 1.15. The quantitative estimate of drug-likeness (QED) is 0.169. The summed E-state index contributed by atoms with van der Waals surface area (Å²) >= 11 is 0. The van der Waals surface area contributed by atoms with E-state index < -0.39 is 0 Å². The largest absolute Gasteiger partial charge is 1.00 e. The van der Waals surface area contributed by atoms with E-state index in [9.17, 15) is 4.79 Å². The monoisotopic (exact) mass is 235 g/mol. The number of nitrogens with zero attached hydrogens (tertiary/aromatic N) is 1. The standard InChI is InChI=1S/C3H4NO3.Cs/c4-1-2-6-7-3-5;/h1,3H,2H2;/q-1;+1. The smallest absolute Gasteiger partial charge is 0.812 e. The second-order valence-corrected chi connectivity index (χ2v) is 0.660. The molecule has 0 aliphatic carbocycles. The molecule has 0 fully saturated rings. The molecule has 0 heterocycles. The molecule has 0 aromatic heterocycles. The van der Waals surface area contributed by atoms with Crippen molar-refractivity contribution >= 4 is 12.7 Å². The maximum Gasteiger partial charge on any atom is 1.00 e. The third-order valence-electron chi connectivity index (χ3n) is 0.250. The van der Waals surface area contributed by atoms with Gasteiger partial charge in [0.2, 0.25) is 0 Å². The van der Waals surface area contributed by atoms with E-state index in [0.717, 1.165) is 6.21 Å². The predicted molar refractivity (Wildman–Crippen MR) is 22.5 cm³/mol. The Morgan fingerprint density at radius 3 is 2.62 bits per heavy atom. The predicted octanol–water partition coefficient (Wildman–Crippen LogP) is -3.26. The van der Waals surface area contributed by atoms with Crippen LogP contribution in [0.2, 0.25) is 0 Å². The summed E-state index contributed by atoms with van der Waals surface area (Å²) in [5, 5.41) is 7.85. The minimum atomic E-state index is -0.0985. The first-order valence-corrected chi connectivity index (χ1v) is 1.59. The molecule has 0 aliphatic rings. The van der Waals surface area contributed by atoms with E-state index in [4.69, 9.17) is 5.41 Å². The van der Waals surface area contributed by atoms with Crippen LogP contribution in [0, 0.1) is 0 Å². The number of carbonyl (C=O) groups is 1.